The van der Waals surface area contributed by atoms with Crippen molar-refractivity contribution < 1.29 is 15.4 Å². The number of hydrogen-bond donors (Lipinski definition) is 0. The third-order valence-corrected chi connectivity index (χ3v) is 8.28. The van der Waals surface area contributed by atoms with Crippen LogP contribution >= 0.6 is 0 Å². The van der Waals surface area contributed by atoms with E-state index in [1.165, 1.54) is 0 Å². The van der Waals surface area contributed by atoms with E-state index in [1.54, 1.807) is 6.07 Å². The van der Waals surface area contributed by atoms with Crippen molar-refractivity contribution in [1.29, 1.82) is 0 Å². The van der Waals surface area contributed by atoms with E-state index in [2.05, 4.69) is 6.07 Å². The molecule has 1 heteroatoms. The largest absolute Gasteiger partial charge is 0.456 e. The van der Waals surface area contributed by atoms with Gasteiger partial charge in [-0.15, -0.1) is 0 Å². The molecule has 0 aliphatic heterocycles. The molecule has 200 valence electrons. The second kappa shape index (κ2) is 9.44. The summed E-state index contributed by atoms with van der Waals surface area (Å²) in [7, 11) is 0. The molecule has 0 bridgehead atoms. The van der Waals surface area contributed by atoms with Gasteiger partial charge in [-0.25, -0.2) is 0 Å². The molecule has 0 N–H and O–H groups in total. The van der Waals surface area contributed by atoms with E-state index in [0.717, 1.165) is 27.3 Å². The van der Waals surface area contributed by atoms with Gasteiger partial charge >= 0.3 is 0 Å². The lowest BCUT2D eigenvalue weighted by Gasteiger charge is -2.18. The Morgan fingerprint density at radius 1 is 0.419 bits per heavy atom. The highest BCUT2D eigenvalue weighted by Crippen LogP contribution is 2.47. The standard InChI is InChI=1S/C42H26O/c1-2-12-28-25-30(24-23-27(28)11-1)29-13-9-14-31(26-29)40-32-15-3-5-17-34(32)41(35-18-6-4-16-33(35)40)37-20-10-22-39-42(37)36-19-7-8-21-38(36)43-39/h1-26H/i3D,4D,5D,6D,15D,16D,17D,18D. The fraction of sp³-hybridized carbons (Fsp3) is 0. The molecule has 8 aromatic carbocycles. The normalized spacial score (nSPS) is 14.3. The summed E-state index contributed by atoms with van der Waals surface area (Å²) in [5, 5.41) is 4.30. The topological polar surface area (TPSA) is 13.1 Å². The first-order valence-corrected chi connectivity index (χ1v) is 14.1. The van der Waals surface area contributed by atoms with Crippen molar-refractivity contribution in [3.05, 3.63) is 158 Å². The second-order valence-corrected chi connectivity index (χ2v) is 10.7. The quantitative estimate of drug-likeness (QED) is 0.198. The smallest absolute Gasteiger partial charge is 0.136 e. The SMILES string of the molecule is [2H]c1c([2H])c([2H])c2c(-c3cccc4oc5ccccc5c34)c3c([2H])c([2H])c([2H])c([2H])c3c(-c3cccc(-c4ccc5ccccc5c4)c3)c2c1[2H]. The fourth-order valence-electron chi connectivity index (χ4n) is 6.39. The van der Waals surface area contributed by atoms with E-state index in [-0.39, 0.29) is 45.7 Å². The maximum atomic E-state index is 9.35. The van der Waals surface area contributed by atoms with Crippen LogP contribution in [0.5, 0.6) is 0 Å². The number of benzene rings is 8. The third-order valence-electron chi connectivity index (χ3n) is 8.28. The first kappa shape index (κ1) is 17.3. The predicted molar refractivity (Wildman–Crippen MR) is 183 cm³/mol. The van der Waals surface area contributed by atoms with E-state index in [1.807, 2.05) is 97.1 Å². The molecule has 0 atom stereocenters. The summed E-state index contributed by atoms with van der Waals surface area (Å²) in [6, 6.07) is 31.8. The summed E-state index contributed by atoms with van der Waals surface area (Å²) in [5.41, 5.74) is 4.66. The molecule has 0 aliphatic carbocycles. The molecule has 1 nitrogen and oxygen atoms in total. The lowest BCUT2D eigenvalue weighted by molar-refractivity contribution is 0.669. The average molecular weight is 555 g/mol. The summed E-state index contributed by atoms with van der Waals surface area (Å²) in [5.74, 6) is 0. The molecule has 0 amide bonds. The van der Waals surface area contributed by atoms with E-state index >= 15 is 0 Å². The first-order valence-electron chi connectivity index (χ1n) is 18.1. The van der Waals surface area contributed by atoms with E-state index in [0.29, 0.717) is 38.8 Å². The van der Waals surface area contributed by atoms with Crippen molar-refractivity contribution in [2.24, 2.45) is 0 Å². The Balaban J connectivity index is 1.50. The van der Waals surface area contributed by atoms with Crippen LogP contribution in [0.25, 0.3) is 87.6 Å². The van der Waals surface area contributed by atoms with Gasteiger partial charge in [0, 0.05) is 10.8 Å². The lowest BCUT2D eigenvalue weighted by Crippen LogP contribution is -1.91. The Morgan fingerprint density at radius 3 is 1.81 bits per heavy atom. The molecule has 9 aromatic rings. The van der Waals surface area contributed by atoms with Gasteiger partial charge in [0.05, 0.1) is 11.0 Å². The molecule has 0 saturated heterocycles. The fourth-order valence-corrected chi connectivity index (χ4v) is 6.39. The number of furan rings is 1. The zero-order valence-corrected chi connectivity index (χ0v) is 22.8. The summed E-state index contributed by atoms with van der Waals surface area (Å²) in [4.78, 5) is 0. The molecular weight excluding hydrogens is 520 g/mol. The molecular formula is C42H26O. The second-order valence-electron chi connectivity index (χ2n) is 10.7. The van der Waals surface area contributed by atoms with Gasteiger partial charge < -0.3 is 4.42 Å². The van der Waals surface area contributed by atoms with Crippen LogP contribution < -0.4 is 0 Å². The van der Waals surface area contributed by atoms with Crippen LogP contribution in [0.4, 0.5) is 0 Å². The van der Waals surface area contributed by atoms with Gasteiger partial charge in [-0.2, -0.15) is 0 Å². The minimum Gasteiger partial charge on any atom is -0.456 e. The molecule has 43 heavy (non-hydrogen) atoms. The maximum absolute atomic E-state index is 9.35. The van der Waals surface area contributed by atoms with Crippen LogP contribution in [0.2, 0.25) is 0 Å². The van der Waals surface area contributed by atoms with Crippen molar-refractivity contribution in [3.8, 4) is 33.4 Å². The summed E-state index contributed by atoms with van der Waals surface area (Å²) in [6.45, 7) is 0. The predicted octanol–water partition coefficient (Wildman–Crippen LogP) is 12.0. The van der Waals surface area contributed by atoms with Crippen LogP contribution in [-0.2, 0) is 0 Å². The van der Waals surface area contributed by atoms with Gasteiger partial charge in [-0.05, 0) is 90.0 Å². The molecule has 0 spiro atoms. The maximum Gasteiger partial charge on any atom is 0.136 e. The minimum atomic E-state index is -0.436. The van der Waals surface area contributed by atoms with Gasteiger partial charge in [-0.1, -0.05) is 133 Å². The van der Waals surface area contributed by atoms with Crippen LogP contribution in [0, 0.1) is 0 Å². The van der Waals surface area contributed by atoms with Gasteiger partial charge in [0.25, 0.3) is 0 Å². The number of para-hydroxylation sites is 1. The average Bonchev–Trinajstić information content (AvgIpc) is 3.55. The van der Waals surface area contributed by atoms with Crippen LogP contribution in [0.1, 0.15) is 11.0 Å². The van der Waals surface area contributed by atoms with Crippen molar-refractivity contribution in [3.63, 3.8) is 0 Å². The zero-order valence-electron chi connectivity index (χ0n) is 30.8. The molecule has 0 saturated carbocycles. The molecule has 9 rings (SSSR count). The van der Waals surface area contributed by atoms with Gasteiger partial charge in [-0.3, -0.25) is 0 Å². The van der Waals surface area contributed by atoms with Crippen molar-refractivity contribution in [2.45, 2.75) is 0 Å². The zero-order chi connectivity index (χ0) is 35.3. The van der Waals surface area contributed by atoms with Crippen LogP contribution in [0.3, 0.4) is 0 Å². The van der Waals surface area contributed by atoms with Crippen molar-refractivity contribution in [1.82, 2.24) is 0 Å². The Bertz CT molecular complexity index is 2880. The molecule has 1 heterocycles. The Hall–Kier alpha value is -5.66. The Kier molecular flexibility index (Phi) is 3.80. The molecule has 0 fully saturated rings. The van der Waals surface area contributed by atoms with Gasteiger partial charge in [0.2, 0.25) is 0 Å². The monoisotopic (exact) mass is 554 g/mol. The Labute approximate surface area is 260 Å². The van der Waals surface area contributed by atoms with Gasteiger partial charge in [0.15, 0.2) is 0 Å². The van der Waals surface area contributed by atoms with Crippen LogP contribution in [0.15, 0.2) is 162 Å². The molecule has 1 aromatic heterocycles. The first-order chi connectivity index (χ1) is 24.7. The number of rotatable bonds is 3. The highest BCUT2D eigenvalue weighted by Gasteiger charge is 2.20. The summed E-state index contributed by atoms with van der Waals surface area (Å²) in [6.07, 6.45) is 0. The van der Waals surface area contributed by atoms with E-state index in [4.69, 9.17) is 9.90 Å². The van der Waals surface area contributed by atoms with Crippen molar-refractivity contribution >= 4 is 54.3 Å². The summed E-state index contributed by atoms with van der Waals surface area (Å²) >= 11 is 0. The highest BCUT2D eigenvalue weighted by atomic mass is 16.3. The lowest BCUT2D eigenvalue weighted by atomic mass is 9.84. The van der Waals surface area contributed by atoms with Gasteiger partial charge in [0.1, 0.15) is 11.2 Å². The van der Waals surface area contributed by atoms with Crippen molar-refractivity contribution in [2.75, 3.05) is 0 Å². The van der Waals surface area contributed by atoms with E-state index in [9.17, 15) is 5.48 Å². The molecule has 0 radical (unpaired) electrons. The third kappa shape index (κ3) is 3.72. The van der Waals surface area contributed by atoms with E-state index < -0.39 is 24.2 Å². The Morgan fingerprint density at radius 2 is 1.02 bits per heavy atom. The highest BCUT2D eigenvalue weighted by molar-refractivity contribution is 6.25. The minimum absolute atomic E-state index is 0.169. The van der Waals surface area contributed by atoms with Crippen LogP contribution in [-0.4, -0.2) is 0 Å². The molecule has 0 unspecified atom stereocenters. The number of hydrogen-bond acceptors (Lipinski definition) is 1. The number of fused-ring (bicyclic) bond motifs is 6. The molecule has 0 aliphatic rings. The summed E-state index contributed by atoms with van der Waals surface area (Å²) < 4.78 is 78.8.